The van der Waals surface area contributed by atoms with Crippen LogP contribution in [0, 0.1) is 0 Å². The normalized spacial score (nSPS) is 22.6. The maximum Gasteiger partial charge on any atom is 0.234 e. The van der Waals surface area contributed by atoms with E-state index < -0.39 is 0 Å². The van der Waals surface area contributed by atoms with E-state index in [4.69, 9.17) is 28.8 Å². The van der Waals surface area contributed by atoms with E-state index in [1.165, 1.54) is 22.7 Å². The van der Waals surface area contributed by atoms with Gasteiger partial charge in [0.15, 0.2) is 35.7 Å². The van der Waals surface area contributed by atoms with Crippen LogP contribution in [0.25, 0.3) is 9.75 Å². The lowest BCUT2D eigenvalue weighted by Gasteiger charge is -2.25. The van der Waals surface area contributed by atoms with Gasteiger partial charge in [0.1, 0.15) is 6.61 Å². The molecule has 2 aromatic rings. The zero-order valence-electron chi connectivity index (χ0n) is 11.7. The number of thiophene rings is 2. The molecule has 8 heteroatoms. The average Bonchev–Trinajstić information content (AvgIpc) is 3.16. The molecule has 6 nitrogen and oxygen atoms in total. The van der Waals surface area contributed by atoms with Gasteiger partial charge >= 0.3 is 0 Å². The minimum Gasteiger partial charge on any atom is -0.484 e. The summed E-state index contributed by atoms with van der Waals surface area (Å²) in [5.74, 6) is 2.77. The molecule has 0 saturated heterocycles. The molecular formula is C14H14O6S2. The Kier molecular flexibility index (Phi) is 3.61. The second-order valence-electron chi connectivity index (χ2n) is 4.84. The van der Waals surface area contributed by atoms with Crippen molar-refractivity contribution in [2.45, 2.75) is 12.4 Å². The van der Waals surface area contributed by atoms with Gasteiger partial charge in [-0.05, 0) is 0 Å². The molecule has 22 heavy (non-hydrogen) atoms. The van der Waals surface area contributed by atoms with Gasteiger partial charge in [0.05, 0.1) is 16.4 Å². The highest BCUT2D eigenvalue weighted by Gasteiger charge is 2.31. The summed E-state index contributed by atoms with van der Waals surface area (Å²) in [5.41, 5.74) is 0. The third kappa shape index (κ3) is 2.23. The Bertz CT molecular complexity index is 621. The van der Waals surface area contributed by atoms with Gasteiger partial charge in [0.25, 0.3) is 0 Å². The van der Waals surface area contributed by atoms with Crippen LogP contribution in [0.15, 0.2) is 10.8 Å². The average molecular weight is 342 g/mol. The fraction of sp³-hybridized carbons (Fsp3) is 0.429. The summed E-state index contributed by atoms with van der Waals surface area (Å²) in [5, 5.41) is 13.0. The third-order valence-electron chi connectivity index (χ3n) is 3.43. The molecule has 2 aromatic heterocycles. The Morgan fingerprint density at radius 3 is 2.36 bits per heavy atom. The summed E-state index contributed by atoms with van der Waals surface area (Å²) < 4.78 is 28.1. The number of ether oxygens (including phenoxy) is 5. The Balaban J connectivity index is 1.67. The molecule has 0 radical (unpaired) electrons. The van der Waals surface area contributed by atoms with Crippen molar-refractivity contribution >= 4 is 22.7 Å². The lowest BCUT2D eigenvalue weighted by molar-refractivity contribution is -0.0935. The van der Waals surface area contributed by atoms with Crippen LogP contribution in [0.1, 0.15) is 0 Å². The topological polar surface area (TPSA) is 66.4 Å². The number of fused-ring (bicyclic) bond motifs is 2. The summed E-state index contributed by atoms with van der Waals surface area (Å²) in [6.07, 6.45) is -0.689. The molecule has 4 heterocycles. The zero-order chi connectivity index (χ0) is 15.1. The smallest absolute Gasteiger partial charge is 0.234 e. The maximum atomic E-state index is 9.17. The molecular weight excluding hydrogens is 328 g/mol. The van der Waals surface area contributed by atoms with Crippen molar-refractivity contribution < 1.29 is 28.8 Å². The molecule has 2 atom stereocenters. The highest BCUT2D eigenvalue weighted by Crippen LogP contribution is 2.54. The lowest BCUT2D eigenvalue weighted by Crippen LogP contribution is -2.31. The van der Waals surface area contributed by atoms with E-state index in [1.54, 1.807) is 7.11 Å². The first-order valence-electron chi connectivity index (χ1n) is 6.76. The molecule has 0 spiro atoms. The van der Waals surface area contributed by atoms with Gasteiger partial charge < -0.3 is 28.8 Å². The number of aliphatic hydroxyl groups is 1. The van der Waals surface area contributed by atoms with Crippen LogP contribution >= 0.6 is 22.7 Å². The number of aliphatic hydroxyl groups excluding tert-OH is 1. The first kappa shape index (κ1) is 14.1. The third-order valence-corrected chi connectivity index (χ3v) is 5.47. The molecule has 1 N–H and O–H groups in total. The summed E-state index contributed by atoms with van der Waals surface area (Å²) in [6.45, 7) is 0.628. The summed E-state index contributed by atoms with van der Waals surface area (Å²) in [4.78, 5) is 1.92. The number of hydrogen-bond acceptors (Lipinski definition) is 8. The molecule has 2 aliphatic rings. The van der Waals surface area contributed by atoms with Crippen LogP contribution in [0.3, 0.4) is 0 Å². The second kappa shape index (κ2) is 5.62. The molecule has 4 rings (SSSR count). The van der Waals surface area contributed by atoms with Crippen molar-refractivity contribution in [1.29, 1.82) is 0 Å². The van der Waals surface area contributed by atoms with E-state index in [0.717, 1.165) is 15.5 Å². The van der Waals surface area contributed by atoms with Gasteiger partial charge in [-0.15, -0.1) is 22.7 Å². The number of hydrogen-bond donors (Lipinski definition) is 1. The largest absolute Gasteiger partial charge is 0.484 e. The van der Waals surface area contributed by atoms with E-state index in [-0.39, 0.29) is 19.0 Å². The molecule has 0 aliphatic carbocycles. The standard InChI is InChI=1S/C14H14O6S2/c1-16-10-4-18-12-9(20-10)6-22-14(12)13-11-8(5-21-13)19-7(2-15)3-17-11/h5-7,10,15H,2-4H2,1H3. The van der Waals surface area contributed by atoms with Gasteiger partial charge in [-0.2, -0.15) is 0 Å². The minimum absolute atomic E-state index is 0.0611. The molecule has 2 unspecified atom stereocenters. The summed E-state index contributed by atoms with van der Waals surface area (Å²) >= 11 is 3.06. The van der Waals surface area contributed by atoms with Crippen molar-refractivity contribution in [3.05, 3.63) is 10.8 Å². The molecule has 0 aromatic carbocycles. The minimum atomic E-state index is -0.378. The lowest BCUT2D eigenvalue weighted by atomic mass is 10.3. The van der Waals surface area contributed by atoms with Gasteiger partial charge in [0, 0.05) is 17.9 Å². The van der Waals surface area contributed by atoms with Gasteiger partial charge in [0.2, 0.25) is 6.29 Å². The van der Waals surface area contributed by atoms with Crippen LogP contribution < -0.4 is 18.9 Å². The Morgan fingerprint density at radius 2 is 1.73 bits per heavy atom. The van der Waals surface area contributed by atoms with Crippen LogP contribution in [-0.2, 0) is 4.74 Å². The first-order valence-corrected chi connectivity index (χ1v) is 8.52. The second-order valence-corrected chi connectivity index (χ2v) is 6.60. The molecule has 2 aliphatic heterocycles. The van der Waals surface area contributed by atoms with Crippen molar-refractivity contribution in [2.24, 2.45) is 0 Å². The van der Waals surface area contributed by atoms with Crippen molar-refractivity contribution in [3.63, 3.8) is 0 Å². The van der Waals surface area contributed by atoms with E-state index in [2.05, 4.69) is 0 Å². The summed E-state index contributed by atoms with van der Waals surface area (Å²) in [7, 11) is 1.59. The predicted molar refractivity (Wildman–Crippen MR) is 81.5 cm³/mol. The predicted octanol–water partition coefficient (Wildman–Crippen LogP) is 2.35. The van der Waals surface area contributed by atoms with Gasteiger partial charge in [-0.25, -0.2) is 0 Å². The molecule has 0 saturated carbocycles. The van der Waals surface area contributed by atoms with E-state index >= 15 is 0 Å². The van der Waals surface area contributed by atoms with Crippen LogP contribution in [-0.4, -0.2) is 44.4 Å². The maximum absolute atomic E-state index is 9.17. The number of methoxy groups -OCH3 is 1. The summed E-state index contributed by atoms with van der Waals surface area (Å²) in [6, 6.07) is 0. The Labute approximate surface area is 134 Å². The quantitative estimate of drug-likeness (QED) is 0.924. The fourth-order valence-corrected chi connectivity index (χ4v) is 4.33. The Hall–Kier alpha value is -1.48. The van der Waals surface area contributed by atoms with Crippen LogP contribution in [0.2, 0.25) is 0 Å². The van der Waals surface area contributed by atoms with Crippen molar-refractivity contribution in [3.8, 4) is 32.8 Å². The van der Waals surface area contributed by atoms with E-state index in [0.29, 0.717) is 30.5 Å². The highest BCUT2D eigenvalue weighted by molar-refractivity contribution is 7.21. The van der Waals surface area contributed by atoms with E-state index in [1.807, 2.05) is 10.8 Å². The van der Waals surface area contributed by atoms with Crippen molar-refractivity contribution in [1.82, 2.24) is 0 Å². The van der Waals surface area contributed by atoms with Crippen molar-refractivity contribution in [2.75, 3.05) is 26.9 Å². The molecule has 0 bridgehead atoms. The zero-order valence-corrected chi connectivity index (χ0v) is 13.4. The Morgan fingerprint density at radius 1 is 1.09 bits per heavy atom. The monoisotopic (exact) mass is 342 g/mol. The fourth-order valence-electron chi connectivity index (χ4n) is 2.33. The number of rotatable bonds is 3. The highest BCUT2D eigenvalue weighted by atomic mass is 32.1. The molecule has 118 valence electrons. The van der Waals surface area contributed by atoms with Gasteiger partial charge in [-0.3, -0.25) is 0 Å². The SMILES string of the molecule is COC1COc2c(csc2-c2scc3c2OCC(CO)O3)O1. The van der Waals surface area contributed by atoms with Crippen LogP contribution in [0.5, 0.6) is 23.0 Å². The first-order chi connectivity index (χ1) is 10.8. The van der Waals surface area contributed by atoms with Crippen LogP contribution in [0.4, 0.5) is 0 Å². The van der Waals surface area contributed by atoms with Gasteiger partial charge in [-0.1, -0.05) is 0 Å². The molecule has 0 fully saturated rings. The molecule has 0 amide bonds. The van der Waals surface area contributed by atoms with E-state index in [9.17, 15) is 0 Å².